The molecule has 0 saturated heterocycles. The van der Waals surface area contributed by atoms with E-state index in [0.717, 1.165) is 21.3 Å². The summed E-state index contributed by atoms with van der Waals surface area (Å²) in [5.41, 5.74) is 3.08. The summed E-state index contributed by atoms with van der Waals surface area (Å²) in [5.74, 6) is 0. The van der Waals surface area contributed by atoms with Gasteiger partial charge in [0, 0.05) is 23.3 Å². The molecule has 0 amide bonds. The van der Waals surface area contributed by atoms with Gasteiger partial charge in [0.1, 0.15) is 11.5 Å². The molecule has 0 fully saturated rings. The van der Waals surface area contributed by atoms with Crippen LogP contribution in [0.4, 0.5) is 0 Å². The van der Waals surface area contributed by atoms with Gasteiger partial charge in [0.15, 0.2) is 0 Å². The lowest BCUT2D eigenvalue weighted by Gasteiger charge is -1.93. The van der Waals surface area contributed by atoms with Gasteiger partial charge in [0.2, 0.25) is 0 Å². The van der Waals surface area contributed by atoms with Crippen molar-refractivity contribution in [2.75, 3.05) is 0 Å². The van der Waals surface area contributed by atoms with Gasteiger partial charge in [-0.3, -0.25) is 0 Å². The molecule has 0 saturated carbocycles. The fourth-order valence-corrected chi connectivity index (χ4v) is 2.66. The summed E-state index contributed by atoms with van der Waals surface area (Å²) in [6.07, 6.45) is 9.11. The van der Waals surface area contributed by atoms with E-state index in [1.54, 1.807) is 23.9 Å². The molecule has 0 atom stereocenters. The van der Waals surface area contributed by atoms with Crippen LogP contribution in [0.15, 0.2) is 36.2 Å². The Bertz CT molecular complexity index is 721. The van der Waals surface area contributed by atoms with Crippen molar-refractivity contribution in [2.24, 2.45) is 0 Å². The third-order valence-corrected chi connectivity index (χ3v) is 3.60. The van der Waals surface area contributed by atoms with Crippen molar-refractivity contribution in [1.82, 2.24) is 15.0 Å². The Morgan fingerprint density at radius 2 is 2.17 bits per heavy atom. The van der Waals surface area contributed by atoms with Crippen molar-refractivity contribution in [2.45, 2.75) is 0 Å². The van der Waals surface area contributed by atoms with Crippen LogP contribution in [0.25, 0.3) is 22.4 Å². The largest absolute Gasteiger partial charge is 0.245 e. The second kappa shape index (κ2) is 4.84. The molecule has 18 heavy (non-hydrogen) atoms. The van der Waals surface area contributed by atoms with Crippen LogP contribution in [0.2, 0.25) is 5.15 Å². The Balaban J connectivity index is 1.97. The first kappa shape index (κ1) is 11.3. The lowest BCUT2D eigenvalue weighted by atomic mass is 10.2. The van der Waals surface area contributed by atoms with Gasteiger partial charge in [-0.05, 0) is 17.7 Å². The fraction of sp³-hybridized carbons (Fsp3) is 0. The summed E-state index contributed by atoms with van der Waals surface area (Å²) in [4.78, 5) is 12.2. The molecule has 0 aliphatic carbocycles. The summed E-state index contributed by atoms with van der Waals surface area (Å²) in [6.45, 7) is 0. The standard InChI is InChI=1S/C13H8ClN3S/c14-12-5-9(3-4-16-12)1-2-10-7-18-11-6-15-8-17-13(10)11/h1-8H/b2-1+. The molecule has 0 N–H and O–H groups in total. The number of nitrogens with zero attached hydrogens (tertiary/aromatic N) is 3. The zero-order valence-corrected chi connectivity index (χ0v) is 10.8. The molecule has 88 valence electrons. The van der Waals surface area contributed by atoms with Crippen LogP contribution in [0.3, 0.4) is 0 Å². The zero-order valence-electron chi connectivity index (χ0n) is 9.25. The van der Waals surface area contributed by atoms with E-state index >= 15 is 0 Å². The number of halogens is 1. The third kappa shape index (κ3) is 2.25. The van der Waals surface area contributed by atoms with E-state index in [2.05, 4.69) is 20.3 Å². The Kier molecular flexibility index (Phi) is 3.04. The van der Waals surface area contributed by atoms with Crippen LogP contribution >= 0.6 is 22.9 Å². The normalized spacial score (nSPS) is 11.4. The van der Waals surface area contributed by atoms with Gasteiger partial charge in [-0.1, -0.05) is 23.8 Å². The molecule has 3 nitrogen and oxygen atoms in total. The lowest BCUT2D eigenvalue weighted by molar-refractivity contribution is 1.23. The van der Waals surface area contributed by atoms with Crippen molar-refractivity contribution in [3.8, 4) is 0 Å². The first-order valence-corrected chi connectivity index (χ1v) is 6.55. The molecule has 3 aromatic rings. The van der Waals surface area contributed by atoms with Crippen LogP contribution in [-0.2, 0) is 0 Å². The predicted octanol–water partition coefficient (Wildman–Crippen LogP) is 3.91. The molecule has 5 heteroatoms. The van der Waals surface area contributed by atoms with E-state index in [9.17, 15) is 0 Å². The van der Waals surface area contributed by atoms with E-state index < -0.39 is 0 Å². The Hall–Kier alpha value is -1.78. The number of hydrogen-bond donors (Lipinski definition) is 0. The molecule has 0 unspecified atom stereocenters. The van der Waals surface area contributed by atoms with Crippen molar-refractivity contribution in [3.63, 3.8) is 0 Å². The Morgan fingerprint density at radius 3 is 3.06 bits per heavy atom. The molecule has 0 aliphatic heterocycles. The van der Waals surface area contributed by atoms with Crippen LogP contribution in [0, 0.1) is 0 Å². The first-order chi connectivity index (χ1) is 8.83. The molecule has 3 heterocycles. The summed E-state index contributed by atoms with van der Waals surface area (Å²) in [5, 5.41) is 2.56. The SMILES string of the molecule is Clc1cc(/C=C/c2csc3cncnc23)ccn1. The minimum absolute atomic E-state index is 0.495. The second-order valence-corrected chi connectivity index (χ2v) is 4.97. The van der Waals surface area contributed by atoms with Gasteiger partial charge in [0.25, 0.3) is 0 Å². The number of thiophene rings is 1. The second-order valence-electron chi connectivity index (χ2n) is 3.67. The van der Waals surface area contributed by atoms with Crippen molar-refractivity contribution in [1.29, 1.82) is 0 Å². The molecule has 0 aliphatic rings. The van der Waals surface area contributed by atoms with Crippen molar-refractivity contribution >= 4 is 45.3 Å². The van der Waals surface area contributed by atoms with Crippen LogP contribution < -0.4 is 0 Å². The molecule has 3 aromatic heterocycles. The average molecular weight is 274 g/mol. The zero-order chi connectivity index (χ0) is 12.4. The Morgan fingerprint density at radius 1 is 1.22 bits per heavy atom. The van der Waals surface area contributed by atoms with Gasteiger partial charge >= 0.3 is 0 Å². The molecular formula is C13H8ClN3S. The van der Waals surface area contributed by atoms with Gasteiger partial charge in [0.05, 0.1) is 10.2 Å². The van der Waals surface area contributed by atoms with Gasteiger partial charge in [-0.25, -0.2) is 15.0 Å². The average Bonchev–Trinajstić information content (AvgIpc) is 2.80. The summed E-state index contributed by atoms with van der Waals surface area (Å²) in [7, 11) is 0. The van der Waals surface area contributed by atoms with E-state index in [1.807, 2.05) is 30.5 Å². The number of fused-ring (bicyclic) bond motifs is 1. The highest BCUT2D eigenvalue weighted by molar-refractivity contribution is 7.17. The third-order valence-electron chi connectivity index (χ3n) is 2.47. The van der Waals surface area contributed by atoms with Gasteiger partial charge in [-0.15, -0.1) is 11.3 Å². The highest BCUT2D eigenvalue weighted by Crippen LogP contribution is 2.24. The van der Waals surface area contributed by atoms with E-state index in [1.165, 1.54) is 0 Å². The van der Waals surface area contributed by atoms with E-state index in [-0.39, 0.29) is 0 Å². The van der Waals surface area contributed by atoms with Crippen molar-refractivity contribution in [3.05, 3.63) is 52.5 Å². The van der Waals surface area contributed by atoms with E-state index in [4.69, 9.17) is 11.6 Å². The highest BCUT2D eigenvalue weighted by atomic mass is 35.5. The monoisotopic (exact) mass is 273 g/mol. The fourth-order valence-electron chi connectivity index (χ4n) is 1.63. The van der Waals surface area contributed by atoms with Crippen LogP contribution in [0.5, 0.6) is 0 Å². The highest BCUT2D eigenvalue weighted by Gasteiger charge is 2.01. The Labute approximate surface area is 113 Å². The van der Waals surface area contributed by atoms with Gasteiger partial charge < -0.3 is 0 Å². The lowest BCUT2D eigenvalue weighted by Crippen LogP contribution is -1.78. The van der Waals surface area contributed by atoms with Crippen LogP contribution in [0.1, 0.15) is 11.1 Å². The summed E-state index contributed by atoms with van der Waals surface area (Å²) in [6, 6.07) is 3.73. The minimum Gasteiger partial charge on any atom is -0.245 e. The molecule has 0 aromatic carbocycles. The number of rotatable bonds is 2. The topological polar surface area (TPSA) is 38.7 Å². The maximum atomic E-state index is 5.84. The number of hydrogen-bond acceptors (Lipinski definition) is 4. The minimum atomic E-state index is 0.495. The maximum absolute atomic E-state index is 5.84. The maximum Gasteiger partial charge on any atom is 0.129 e. The van der Waals surface area contributed by atoms with Crippen molar-refractivity contribution < 1.29 is 0 Å². The molecule has 0 bridgehead atoms. The van der Waals surface area contributed by atoms with Gasteiger partial charge in [-0.2, -0.15) is 0 Å². The molecule has 0 radical (unpaired) electrons. The molecule has 3 rings (SSSR count). The summed E-state index contributed by atoms with van der Waals surface area (Å²) < 4.78 is 1.09. The first-order valence-electron chi connectivity index (χ1n) is 5.30. The predicted molar refractivity (Wildman–Crippen MR) is 75.6 cm³/mol. The summed E-state index contributed by atoms with van der Waals surface area (Å²) >= 11 is 7.47. The quantitative estimate of drug-likeness (QED) is 0.665. The smallest absolute Gasteiger partial charge is 0.129 e. The molecular weight excluding hydrogens is 266 g/mol. The number of pyridine rings is 1. The van der Waals surface area contributed by atoms with Crippen LogP contribution in [-0.4, -0.2) is 15.0 Å². The van der Waals surface area contributed by atoms with E-state index in [0.29, 0.717) is 5.15 Å². The molecule has 0 spiro atoms. The number of aromatic nitrogens is 3.